The van der Waals surface area contributed by atoms with Gasteiger partial charge in [-0.05, 0) is 41.0 Å². The number of rotatable bonds is 6. The second kappa shape index (κ2) is 8.93. The van der Waals surface area contributed by atoms with Crippen molar-refractivity contribution in [3.8, 4) is 11.1 Å². The number of aromatic nitrogens is 1. The number of nitrogens with zero attached hydrogens (tertiary/aromatic N) is 1. The summed E-state index contributed by atoms with van der Waals surface area (Å²) in [5, 5.41) is 25.2. The lowest BCUT2D eigenvalue weighted by Crippen LogP contribution is -2.44. The maximum atomic E-state index is 12.2. The molecule has 3 aromatic rings. The maximum absolute atomic E-state index is 12.2. The van der Waals surface area contributed by atoms with Gasteiger partial charge in [-0.3, -0.25) is 4.98 Å². The molecule has 1 aromatic heterocycles. The van der Waals surface area contributed by atoms with Crippen LogP contribution < -0.4 is 10.6 Å². The molecule has 3 rings (SSSR count). The normalized spacial score (nSPS) is 12.8. The Bertz CT molecular complexity index is 855. The third kappa shape index (κ3) is 4.91. The van der Waals surface area contributed by atoms with Crippen LogP contribution in [0.15, 0.2) is 79.1 Å². The molecule has 6 nitrogen and oxygen atoms in total. The van der Waals surface area contributed by atoms with E-state index in [0.717, 1.165) is 11.1 Å². The van der Waals surface area contributed by atoms with E-state index in [1.807, 2.05) is 30.3 Å². The van der Waals surface area contributed by atoms with Gasteiger partial charge in [-0.25, -0.2) is 4.79 Å². The third-order valence-corrected chi connectivity index (χ3v) is 4.19. The molecule has 2 amide bonds. The SMILES string of the molecule is O=C(Nc1ccc(-c2ccncc2)cc1)N[C@@H](CO)[C@H](O)c1ccccc1. The van der Waals surface area contributed by atoms with E-state index in [4.69, 9.17) is 0 Å². The lowest BCUT2D eigenvalue weighted by molar-refractivity contribution is 0.0950. The van der Waals surface area contributed by atoms with Crippen molar-refractivity contribution in [1.82, 2.24) is 10.3 Å². The van der Waals surface area contributed by atoms with E-state index in [2.05, 4.69) is 15.6 Å². The van der Waals surface area contributed by atoms with Crippen molar-refractivity contribution in [1.29, 1.82) is 0 Å². The Morgan fingerprint density at radius 2 is 1.56 bits per heavy atom. The Labute approximate surface area is 157 Å². The first kappa shape index (κ1) is 18.6. The molecule has 27 heavy (non-hydrogen) atoms. The lowest BCUT2D eigenvalue weighted by atomic mass is 10.0. The van der Waals surface area contributed by atoms with Crippen molar-refractivity contribution in [2.24, 2.45) is 0 Å². The van der Waals surface area contributed by atoms with Gasteiger partial charge in [0.25, 0.3) is 0 Å². The Hall–Kier alpha value is -3.22. The first-order valence-corrected chi connectivity index (χ1v) is 8.59. The van der Waals surface area contributed by atoms with Gasteiger partial charge in [-0.1, -0.05) is 42.5 Å². The van der Waals surface area contributed by atoms with Gasteiger partial charge < -0.3 is 20.8 Å². The number of anilines is 1. The average Bonchev–Trinajstić information content (AvgIpc) is 2.73. The molecular weight excluding hydrogens is 342 g/mol. The first-order chi connectivity index (χ1) is 13.2. The number of carbonyl (C=O) groups is 1. The van der Waals surface area contributed by atoms with Crippen LogP contribution in [0.1, 0.15) is 11.7 Å². The van der Waals surface area contributed by atoms with E-state index < -0.39 is 18.2 Å². The summed E-state index contributed by atoms with van der Waals surface area (Å²) in [5.41, 5.74) is 3.28. The first-order valence-electron chi connectivity index (χ1n) is 8.59. The molecule has 0 saturated heterocycles. The number of hydrogen-bond donors (Lipinski definition) is 4. The monoisotopic (exact) mass is 363 g/mol. The maximum Gasteiger partial charge on any atom is 0.319 e. The third-order valence-electron chi connectivity index (χ3n) is 4.19. The summed E-state index contributed by atoms with van der Waals surface area (Å²) in [6.07, 6.45) is 2.44. The van der Waals surface area contributed by atoms with Crippen LogP contribution in [0.2, 0.25) is 0 Å². The fourth-order valence-corrected chi connectivity index (χ4v) is 2.73. The molecule has 0 unspecified atom stereocenters. The summed E-state index contributed by atoms with van der Waals surface area (Å²) in [6, 6.07) is 18.8. The Morgan fingerprint density at radius 3 is 2.19 bits per heavy atom. The molecule has 2 aromatic carbocycles. The fraction of sp³-hybridized carbons (Fsp3) is 0.143. The molecule has 4 N–H and O–H groups in total. The molecule has 0 bridgehead atoms. The predicted molar refractivity (Wildman–Crippen MR) is 104 cm³/mol. The van der Waals surface area contributed by atoms with E-state index in [1.165, 1.54) is 0 Å². The summed E-state index contributed by atoms with van der Waals surface area (Å²) in [5.74, 6) is 0. The van der Waals surface area contributed by atoms with Gasteiger partial charge in [0.2, 0.25) is 0 Å². The van der Waals surface area contributed by atoms with E-state index in [9.17, 15) is 15.0 Å². The van der Waals surface area contributed by atoms with Gasteiger partial charge in [0.05, 0.1) is 12.6 Å². The molecular formula is C21H21N3O3. The molecule has 2 atom stereocenters. The number of aliphatic hydroxyl groups excluding tert-OH is 2. The number of benzene rings is 2. The Kier molecular flexibility index (Phi) is 6.14. The zero-order chi connectivity index (χ0) is 19.1. The van der Waals surface area contributed by atoms with Crippen LogP contribution in [0.4, 0.5) is 10.5 Å². The van der Waals surface area contributed by atoms with E-state index in [-0.39, 0.29) is 6.61 Å². The number of amides is 2. The number of pyridine rings is 1. The van der Waals surface area contributed by atoms with Crippen LogP contribution in [0.5, 0.6) is 0 Å². The minimum atomic E-state index is -1.00. The second-order valence-electron chi connectivity index (χ2n) is 6.06. The largest absolute Gasteiger partial charge is 0.394 e. The van der Waals surface area contributed by atoms with Gasteiger partial charge >= 0.3 is 6.03 Å². The van der Waals surface area contributed by atoms with Crippen LogP contribution in [0, 0.1) is 0 Å². The van der Waals surface area contributed by atoms with E-state index in [0.29, 0.717) is 11.3 Å². The molecule has 0 aliphatic carbocycles. The molecule has 1 heterocycles. The molecule has 0 radical (unpaired) electrons. The van der Waals surface area contributed by atoms with Crippen molar-refractivity contribution in [2.75, 3.05) is 11.9 Å². The summed E-state index contributed by atoms with van der Waals surface area (Å²) in [4.78, 5) is 16.2. The minimum Gasteiger partial charge on any atom is -0.394 e. The molecule has 0 aliphatic heterocycles. The van der Waals surface area contributed by atoms with E-state index in [1.54, 1.807) is 48.8 Å². The second-order valence-corrected chi connectivity index (χ2v) is 6.06. The van der Waals surface area contributed by atoms with Gasteiger partial charge in [-0.2, -0.15) is 0 Å². The highest BCUT2D eigenvalue weighted by atomic mass is 16.3. The summed E-state index contributed by atoms with van der Waals surface area (Å²) >= 11 is 0. The van der Waals surface area contributed by atoms with Crippen molar-refractivity contribution >= 4 is 11.7 Å². The number of aliphatic hydroxyl groups is 2. The fourth-order valence-electron chi connectivity index (χ4n) is 2.73. The summed E-state index contributed by atoms with van der Waals surface area (Å²) in [7, 11) is 0. The highest BCUT2D eigenvalue weighted by Crippen LogP contribution is 2.21. The van der Waals surface area contributed by atoms with Crippen molar-refractivity contribution in [3.05, 3.63) is 84.7 Å². The molecule has 138 valence electrons. The molecule has 0 spiro atoms. The zero-order valence-corrected chi connectivity index (χ0v) is 14.6. The number of nitrogens with one attached hydrogen (secondary N) is 2. The smallest absolute Gasteiger partial charge is 0.319 e. The van der Waals surface area contributed by atoms with Crippen molar-refractivity contribution in [2.45, 2.75) is 12.1 Å². The minimum absolute atomic E-state index is 0.384. The van der Waals surface area contributed by atoms with Crippen LogP contribution >= 0.6 is 0 Å². The van der Waals surface area contributed by atoms with Gasteiger partial charge in [0.1, 0.15) is 6.10 Å². The van der Waals surface area contributed by atoms with Gasteiger partial charge in [0, 0.05) is 18.1 Å². The predicted octanol–water partition coefficient (Wildman–Crippen LogP) is 2.96. The number of urea groups is 1. The Morgan fingerprint density at radius 1 is 0.926 bits per heavy atom. The highest BCUT2D eigenvalue weighted by molar-refractivity contribution is 5.89. The lowest BCUT2D eigenvalue weighted by Gasteiger charge is -2.22. The summed E-state index contributed by atoms with van der Waals surface area (Å²) < 4.78 is 0. The molecule has 6 heteroatoms. The number of hydrogen-bond acceptors (Lipinski definition) is 4. The van der Waals surface area contributed by atoms with Crippen LogP contribution in [-0.2, 0) is 0 Å². The highest BCUT2D eigenvalue weighted by Gasteiger charge is 2.22. The van der Waals surface area contributed by atoms with Gasteiger partial charge in [-0.15, -0.1) is 0 Å². The van der Waals surface area contributed by atoms with Crippen molar-refractivity contribution in [3.63, 3.8) is 0 Å². The summed E-state index contributed by atoms with van der Waals surface area (Å²) in [6.45, 7) is -0.384. The zero-order valence-electron chi connectivity index (χ0n) is 14.6. The van der Waals surface area contributed by atoms with Gasteiger partial charge in [0.15, 0.2) is 0 Å². The van der Waals surface area contributed by atoms with Crippen LogP contribution in [0.3, 0.4) is 0 Å². The van der Waals surface area contributed by atoms with Crippen LogP contribution in [0.25, 0.3) is 11.1 Å². The van der Waals surface area contributed by atoms with Crippen molar-refractivity contribution < 1.29 is 15.0 Å². The Balaban J connectivity index is 1.61. The standard InChI is InChI=1S/C21H21N3O3/c25-14-19(20(26)17-4-2-1-3-5-17)24-21(27)23-18-8-6-15(7-9-18)16-10-12-22-13-11-16/h1-13,19-20,25-26H,14H2,(H2,23,24,27)/t19-,20+/m0/s1. The average molecular weight is 363 g/mol. The van der Waals surface area contributed by atoms with Crippen LogP contribution in [-0.4, -0.2) is 33.9 Å². The number of carbonyl (C=O) groups excluding carboxylic acids is 1. The molecule has 0 saturated carbocycles. The molecule has 0 aliphatic rings. The van der Waals surface area contributed by atoms with E-state index >= 15 is 0 Å². The molecule has 0 fully saturated rings. The quantitative estimate of drug-likeness (QED) is 0.542. The topological polar surface area (TPSA) is 94.5 Å².